The van der Waals surface area contributed by atoms with E-state index in [1.807, 2.05) is 12.1 Å². The van der Waals surface area contributed by atoms with Crippen LogP contribution < -0.4 is 16.0 Å². The summed E-state index contributed by atoms with van der Waals surface area (Å²) in [7, 11) is 1.59. The molecule has 3 N–H and O–H groups in total. The number of nitrogens with two attached hydrogens (primary N) is 1. The van der Waals surface area contributed by atoms with E-state index in [0.29, 0.717) is 31.3 Å². The van der Waals surface area contributed by atoms with Crippen LogP contribution in [0.25, 0.3) is 0 Å². The summed E-state index contributed by atoms with van der Waals surface area (Å²) in [6, 6.07) is 3.77. The maximum absolute atomic E-state index is 5.55. The van der Waals surface area contributed by atoms with Crippen molar-refractivity contribution in [3.8, 4) is 5.88 Å². The van der Waals surface area contributed by atoms with Gasteiger partial charge in [0, 0.05) is 30.7 Å². The minimum Gasteiger partial charge on any atom is -0.481 e. The summed E-state index contributed by atoms with van der Waals surface area (Å²) in [5.41, 5.74) is 5.60. The number of rotatable bonds is 4. The molecule has 0 aliphatic carbocycles. The first-order chi connectivity index (χ1) is 10.3. The number of ether oxygens (including phenoxy) is 2. The van der Waals surface area contributed by atoms with Crippen LogP contribution in [0, 0.1) is 0 Å². The number of pyridine rings is 1. The third kappa shape index (κ3) is 2.93. The molecule has 0 unspecified atom stereocenters. The number of nitrogens with zero attached hydrogens (tertiary/aromatic N) is 3. The summed E-state index contributed by atoms with van der Waals surface area (Å²) in [6.07, 6.45) is 3.14. The van der Waals surface area contributed by atoms with Gasteiger partial charge in [-0.15, -0.1) is 0 Å². The molecule has 1 aliphatic rings. The second kappa shape index (κ2) is 6.02. The van der Waals surface area contributed by atoms with E-state index in [9.17, 15) is 0 Å². The molecule has 0 amide bonds. The second-order valence-electron chi connectivity index (χ2n) is 4.75. The summed E-state index contributed by atoms with van der Waals surface area (Å²) in [4.78, 5) is 13.3. The topological polar surface area (TPSA) is 95.2 Å². The number of hydrogen-bond acceptors (Lipinski definition) is 7. The van der Waals surface area contributed by atoms with Gasteiger partial charge in [-0.05, 0) is 5.56 Å². The van der Waals surface area contributed by atoms with Crippen molar-refractivity contribution in [1.29, 1.82) is 0 Å². The van der Waals surface area contributed by atoms with Gasteiger partial charge in [-0.3, -0.25) is 0 Å². The lowest BCUT2D eigenvalue weighted by Gasteiger charge is -2.19. The number of nitrogen functional groups attached to an aromatic ring is 1. The smallest absolute Gasteiger partial charge is 0.212 e. The number of hydrogen-bond donors (Lipinski definition) is 2. The SMILES string of the molecule is COc1ccc(Cc2nc3c(c(NN)n2)COCC3)cn1. The zero-order chi connectivity index (χ0) is 14.7. The molecule has 0 saturated carbocycles. The zero-order valence-electron chi connectivity index (χ0n) is 11.8. The molecule has 0 fully saturated rings. The molecule has 7 nitrogen and oxygen atoms in total. The van der Waals surface area contributed by atoms with Gasteiger partial charge in [0.05, 0.1) is 26.0 Å². The summed E-state index contributed by atoms with van der Waals surface area (Å²) < 4.78 is 10.5. The van der Waals surface area contributed by atoms with Gasteiger partial charge in [0.2, 0.25) is 5.88 Å². The quantitative estimate of drug-likeness (QED) is 0.635. The van der Waals surface area contributed by atoms with Crippen molar-refractivity contribution in [3.63, 3.8) is 0 Å². The highest BCUT2D eigenvalue weighted by Crippen LogP contribution is 2.22. The molecule has 21 heavy (non-hydrogen) atoms. The monoisotopic (exact) mass is 287 g/mol. The fourth-order valence-electron chi connectivity index (χ4n) is 2.30. The van der Waals surface area contributed by atoms with Crippen molar-refractivity contribution in [2.45, 2.75) is 19.4 Å². The largest absolute Gasteiger partial charge is 0.481 e. The van der Waals surface area contributed by atoms with Crippen LogP contribution in [0.5, 0.6) is 5.88 Å². The average Bonchev–Trinajstić information content (AvgIpc) is 2.55. The van der Waals surface area contributed by atoms with E-state index < -0.39 is 0 Å². The Labute approximate surface area is 122 Å². The predicted octanol–water partition coefficient (Wildman–Crippen LogP) is 0.829. The molecular formula is C14H17N5O2. The number of fused-ring (bicyclic) bond motifs is 1. The van der Waals surface area contributed by atoms with Gasteiger partial charge in [-0.2, -0.15) is 0 Å². The van der Waals surface area contributed by atoms with E-state index in [4.69, 9.17) is 15.3 Å². The van der Waals surface area contributed by atoms with Gasteiger partial charge in [0.15, 0.2) is 0 Å². The Hall–Kier alpha value is -2.25. The molecule has 0 radical (unpaired) electrons. The van der Waals surface area contributed by atoms with Crippen molar-refractivity contribution in [1.82, 2.24) is 15.0 Å². The van der Waals surface area contributed by atoms with Gasteiger partial charge in [0.25, 0.3) is 0 Å². The molecule has 0 aromatic carbocycles. The molecule has 0 atom stereocenters. The van der Waals surface area contributed by atoms with Gasteiger partial charge < -0.3 is 14.9 Å². The van der Waals surface area contributed by atoms with Crippen molar-refractivity contribution >= 4 is 5.82 Å². The molecule has 0 bridgehead atoms. The summed E-state index contributed by atoms with van der Waals surface area (Å²) in [6.45, 7) is 1.18. The Morgan fingerprint density at radius 3 is 3.00 bits per heavy atom. The fraction of sp³-hybridized carbons (Fsp3) is 0.357. The first-order valence-electron chi connectivity index (χ1n) is 6.72. The molecule has 7 heteroatoms. The summed E-state index contributed by atoms with van der Waals surface area (Å²) >= 11 is 0. The molecule has 110 valence electrons. The minimum atomic E-state index is 0.499. The normalized spacial score (nSPS) is 13.6. The first kappa shape index (κ1) is 13.7. The molecule has 2 aromatic heterocycles. The Balaban J connectivity index is 1.87. The van der Waals surface area contributed by atoms with E-state index in [0.717, 1.165) is 29.1 Å². The Kier molecular flexibility index (Phi) is 3.94. The maximum atomic E-state index is 5.55. The lowest BCUT2D eigenvalue weighted by atomic mass is 10.1. The average molecular weight is 287 g/mol. The molecular weight excluding hydrogens is 270 g/mol. The lowest BCUT2D eigenvalue weighted by Crippen LogP contribution is -2.20. The van der Waals surface area contributed by atoms with E-state index in [-0.39, 0.29) is 0 Å². The van der Waals surface area contributed by atoms with Crippen LogP contribution in [-0.4, -0.2) is 28.7 Å². The second-order valence-corrected chi connectivity index (χ2v) is 4.75. The number of nitrogens with one attached hydrogen (secondary N) is 1. The van der Waals surface area contributed by atoms with Crippen LogP contribution in [0.3, 0.4) is 0 Å². The summed E-state index contributed by atoms with van der Waals surface area (Å²) in [5.74, 6) is 7.49. The standard InChI is InChI=1S/C14H17N5O2/c1-20-13-3-2-9(7-16-13)6-12-17-11-4-5-21-8-10(11)14(18-12)19-15/h2-3,7H,4-6,8,15H2,1H3,(H,17,18,19). The highest BCUT2D eigenvalue weighted by atomic mass is 16.5. The van der Waals surface area contributed by atoms with Crippen molar-refractivity contribution in [2.24, 2.45) is 5.84 Å². The van der Waals surface area contributed by atoms with E-state index >= 15 is 0 Å². The van der Waals surface area contributed by atoms with Gasteiger partial charge in [-0.1, -0.05) is 6.07 Å². The number of hydrazine groups is 1. The molecule has 3 heterocycles. The Morgan fingerprint density at radius 1 is 1.38 bits per heavy atom. The third-order valence-corrected chi connectivity index (χ3v) is 3.37. The van der Waals surface area contributed by atoms with Crippen LogP contribution in [0.15, 0.2) is 18.3 Å². The first-order valence-corrected chi connectivity index (χ1v) is 6.72. The van der Waals surface area contributed by atoms with Crippen molar-refractivity contribution in [3.05, 3.63) is 41.0 Å². The van der Waals surface area contributed by atoms with Gasteiger partial charge in [0.1, 0.15) is 11.6 Å². The molecule has 3 rings (SSSR count). The third-order valence-electron chi connectivity index (χ3n) is 3.37. The lowest BCUT2D eigenvalue weighted by molar-refractivity contribution is 0.109. The van der Waals surface area contributed by atoms with Crippen LogP contribution in [0.1, 0.15) is 22.6 Å². The number of anilines is 1. The van der Waals surface area contributed by atoms with E-state index in [2.05, 4.69) is 20.4 Å². The van der Waals surface area contributed by atoms with Crippen molar-refractivity contribution in [2.75, 3.05) is 19.1 Å². The van der Waals surface area contributed by atoms with Gasteiger partial charge in [-0.25, -0.2) is 20.8 Å². The van der Waals surface area contributed by atoms with Crippen molar-refractivity contribution < 1.29 is 9.47 Å². The Morgan fingerprint density at radius 2 is 2.29 bits per heavy atom. The molecule has 0 saturated heterocycles. The highest BCUT2D eigenvalue weighted by molar-refractivity contribution is 5.46. The van der Waals surface area contributed by atoms with Crippen LogP contribution >= 0.6 is 0 Å². The van der Waals surface area contributed by atoms with Crippen LogP contribution in [-0.2, 0) is 24.2 Å². The Bertz CT molecular complexity index is 613. The number of methoxy groups -OCH3 is 1. The maximum Gasteiger partial charge on any atom is 0.212 e. The molecule has 0 spiro atoms. The zero-order valence-corrected chi connectivity index (χ0v) is 11.8. The fourth-order valence-corrected chi connectivity index (χ4v) is 2.30. The minimum absolute atomic E-state index is 0.499. The summed E-state index contributed by atoms with van der Waals surface area (Å²) in [5, 5.41) is 0. The van der Waals surface area contributed by atoms with Crippen LogP contribution in [0.2, 0.25) is 0 Å². The van der Waals surface area contributed by atoms with E-state index in [1.165, 1.54) is 0 Å². The predicted molar refractivity (Wildman–Crippen MR) is 76.8 cm³/mol. The highest BCUT2D eigenvalue weighted by Gasteiger charge is 2.17. The number of aromatic nitrogens is 3. The van der Waals surface area contributed by atoms with Crippen LogP contribution in [0.4, 0.5) is 5.82 Å². The molecule has 2 aromatic rings. The molecule has 1 aliphatic heterocycles. The van der Waals surface area contributed by atoms with Gasteiger partial charge >= 0.3 is 0 Å². The van der Waals surface area contributed by atoms with E-state index in [1.54, 1.807) is 13.3 Å².